The molecule has 0 atom stereocenters. The smallest absolute Gasteiger partial charge is 0.327 e. The molecule has 3 N–H and O–H groups in total. The van der Waals surface area contributed by atoms with Crippen LogP contribution in [0.25, 0.3) is 0 Å². The molecule has 0 aromatic carbocycles. The van der Waals surface area contributed by atoms with Gasteiger partial charge in [-0.2, -0.15) is 0 Å². The first-order valence-corrected chi connectivity index (χ1v) is 4.24. The summed E-state index contributed by atoms with van der Waals surface area (Å²) in [5, 5.41) is 7.19. The van der Waals surface area contributed by atoms with E-state index in [1.54, 1.807) is 6.07 Å². The maximum Gasteiger partial charge on any atom is 0.327 e. The number of amidine groups is 1. The minimum Gasteiger partial charge on any atom is -0.406 e. The molecule has 0 spiro atoms. The largest absolute Gasteiger partial charge is 0.406 e. The van der Waals surface area contributed by atoms with Crippen LogP contribution in [0.1, 0.15) is 5.56 Å². The van der Waals surface area contributed by atoms with E-state index < -0.39 is 5.97 Å². The number of nitrogens with two attached hydrogens (primary N) is 1. The Balaban J connectivity index is 2.95. The van der Waals surface area contributed by atoms with Gasteiger partial charge in [0.1, 0.15) is 11.7 Å². The van der Waals surface area contributed by atoms with E-state index in [1.165, 1.54) is 12.3 Å². The average Bonchev–Trinajstić information content (AvgIpc) is 2.18. The molecule has 74 valence electrons. The fraction of sp³-hybridized carbons (Fsp3) is 0.125. The number of nitrogens with zero attached hydrogens (tertiary/aromatic N) is 1. The van der Waals surface area contributed by atoms with Gasteiger partial charge in [0.25, 0.3) is 0 Å². The summed E-state index contributed by atoms with van der Waals surface area (Å²) >= 11 is 5.25. The standard InChI is InChI=1S/C8H8ClN3O2/c9-4-6(13)14-8-5(7(10)11)2-1-3-12-8/h1-3H,4H2,(H3,10,11). The lowest BCUT2D eigenvalue weighted by Crippen LogP contribution is -2.17. The van der Waals surface area contributed by atoms with Gasteiger partial charge in [-0.25, -0.2) is 4.98 Å². The van der Waals surface area contributed by atoms with Crippen molar-refractivity contribution in [1.29, 1.82) is 5.41 Å². The zero-order chi connectivity index (χ0) is 10.6. The van der Waals surface area contributed by atoms with Crippen LogP contribution in [-0.4, -0.2) is 22.7 Å². The number of rotatable bonds is 3. The minimum absolute atomic E-state index is 0.00523. The van der Waals surface area contributed by atoms with Gasteiger partial charge in [0.2, 0.25) is 5.88 Å². The van der Waals surface area contributed by atoms with Crippen LogP contribution in [0.3, 0.4) is 0 Å². The molecule has 0 aliphatic rings. The summed E-state index contributed by atoms with van der Waals surface area (Å²) in [5.41, 5.74) is 5.52. The van der Waals surface area contributed by atoms with Gasteiger partial charge in [0, 0.05) is 6.20 Å². The predicted octanol–water partition coefficient (Wildman–Crippen LogP) is 0.510. The van der Waals surface area contributed by atoms with E-state index in [1.807, 2.05) is 0 Å². The Kier molecular flexibility index (Phi) is 3.41. The SMILES string of the molecule is N=C(N)c1cccnc1OC(=O)CCl. The molecule has 0 aliphatic carbocycles. The zero-order valence-electron chi connectivity index (χ0n) is 7.16. The third-order valence-electron chi connectivity index (χ3n) is 1.38. The number of carbonyl (C=O) groups excluding carboxylic acids is 1. The molecule has 0 saturated heterocycles. The Bertz CT molecular complexity index is 367. The number of ether oxygens (including phenoxy) is 1. The van der Waals surface area contributed by atoms with Crippen molar-refractivity contribution in [1.82, 2.24) is 4.98 Å². The second-order valence-corrected chi connectivity index (χ2v) is 2.64. The molecule has 5 nitrogen and oxygen atoms in total. The van der Waals surface area contributed by atoms with Gasteiger partial charge in [-0.05, 0) is 12.1 Å². The fourth-order valence-electron chi connectivity index (χ4n) is 0.812. The van der Waals surface area contributed by atoms with Crippen molar-refractivity contribution in [3.8, 4) is 5.88 Å². The highest BCUT2D eigenvalue weighted by atomic mass is 35.5. The quantitative estimate of drug-likeness (QED) is 0.331. The van der Waals surface area contributed by atoms with Crippen molar-refractivity contribution in [3.05, 3.63) is 23.9 Å². The van der Waals surface area contributed by atoms with Crippen LogP contribution in [0.4, 0.5) is 0 Å². The van der Waals surface area contributed by atoms with Gasteiger partial charge in [-0.15, -0.1) is 11.6 Å². The van der Waals surface area contributed by atoms with E-state index in [0.29, 0.717) is 0 Å². The summed E-state index contributed by atoms with van der Waals surface area (Å²) in [6.07, 6.45) is 1.43. The van der Waals surface area contributed by atoms with Crippen LogP contribution < -0.4 is 10.5 Å². The summed E-state index contributed by atoms with van der Waals surface area (Å²) in [5.74, 6) is -1.11. The third kappa shape index (κ3) is 2.43. The monoisotopic (exact) mass is 213 g/mol. The fourth-order valence-corrected chi connectivity index (χ4v) is 0.867. The van der Waals surface area contributed by atoms with Crippen molar-refractivity contribution in [3.63, 3.8) is 0 Å². The minimum atomic E-state index is -0.632. The number of esters is 1. The maximum absolute atomic E-state index is 10.9. The topological polar surface area (TPSA) is 89.1 Å². The second-order valence-electron chi connectivity index (χ2n) is 2.38. The second kappa shape index (κ2) is 4.57. The van der Waals surface area contributed by atoms with E-state index in [4.69, 9.17) is 27.5 Å². The molecule has 0 unspecified atom stereocenters. The summed E-state index contributed by atoms with van der Waals surface area (Å²) in [4.78, 5) is 14.6. The van der Waals surface area contributed by atoms with Crippen molar-refractivity contribution in [2.24, 2.45) is 5.73 Å². The Hall–Kier alpha value is -1.62. The van der Waals surface area contributed by atoms with Crippen LogP contribution in [0.15, 0.2) is 18.3 Å². The Morgan fingerprint density at radius 1 is 1.71 bits per heavy atom. The van der Waals surface area contributed by atoms with Gasteiger partial charge in [0.05, 0.1) is 5.56 Å². The maximum atomic E-state index is 10.9. The van der Waals surface area contributed by atoms with E-state index in [9.17, 15) is 4.79 Å². The zero-order valence-corrected chi connectivity index (χ0v) is 7.91. The summed E-state index contributed by atoms with van der Waals surface area (Å²) in [7, 11) is 0. The summed E-state index contributed by atoms with van der Waals surface area (Å²) in [6.45, 7) is 0. The lowest BCUT2D eigenvalue weighted by molar-refractivity contribution is -0.131. The van der Waals surface area contributed by atoms with Crippen molar-refractivity contribution < 1.29 is 9.53 Å². The number of hydrogen-bond donors (Lipinski definition) is 2. The van der Waals surface area contributed by atoms with Gasteiger partial charge < -0.3 is 10.5 Å². The molecule has 0 saturated carbocycles. The van der Waals surface area contributed by atoms with Gasteiger partial charge in [-0.3, -0.25) is 10.2 Å². The van der Waals surface area contributed by atoms with Crippen LogP contribution in [-0.2, 0) is 4.79 Å². The molecule has 0 aliphatic heterocycles. The Morgan fingerprint density at radius 3 is 3.00 bits per heavy atom. The van der Waals surface area contributed by atoms with Gasteiger partial charge in [-0.1, -0.05) is 0 Å². The van der Waals surface area contributed by atoms with E-state index >= 15 is 0 Å². The molecule has 6 heteroatoms. The Labute approximate surface area is 85.3 Å². The van der Waals surface area contributed by atoms with Gasteiger partial charge in [0.15, 0.2) is 0 Å². The first-order chi connectivity index (χ1) is 6.65. The van der Waals surface area contributed by atoms with Crippen LogP contribution in [0, 0.1) is 5.41 Å². The lowest BCUT2D eigenvalue weighted by atomic mass is 10.2. The molecule has 0 radical (unpaired) electrons. The normalized spacial score (nSPS) is 9.50. The molecule has 1 aromatic rings. The number of pyridine rings is 1. The molecule has 1 heterocycles. The van der Waals surface area contributed by atoms with E-state index in [-0.39, 0.29) is 23.2 Å². The number of hydrogen-bond acceptors (Lipinski definition) is 4. The first kappa shape index (κ1) is 10.5. The first-order valence-electron chi connectivity index (χ1n) is 3.71. The third-order valence-corrected chi connectivity index (χ3v) is 1.60. The molecular formula is C8H8ClN3O2. The molecule has 1 aromatic heterocycles. The van der Waals surface area contributed by atoms with Crippen LogP contribution in [0.5, 0.6) is 5.88 Å². The number of alkyl halides is 1. The highest BCUT2D eigenvalue weighted by Crippen LogP contribution is 2.13. The molecule has 1 rings (SSSR count). The van der Waals surface area contributed by atoms with Crippen molar-refractivity contribution in [2.75, 3.05) is 5.88 Å². The summed E-state index contributed by atoms with van der Waals surface area (Å²) in [6, 6.07) is 3.13. The Morgan fingerprint density at radius 2 is 2.43 bits per heavy atom. The number of aromatic nitrogens is 1. The van der Waals surface area contributed by atoms with E-state index in [2.05, 4.69) is 4.98 Å². The molecule has 0 fully saturated rings. The highest BCUT2D eigenvalue weighted by Gasteiger charge is 2.10. The van der Waals surface area contributed by atoms with Crippen molar-refractivity contribution >= 4 is 23.4 Å². The van der Waals surface area contributed by atoms with Crippen LogP contribution >= 0.6 is 11.6 Å². The molecule has 0 amide bonds. The lowest BCUT2D eigenvalue weighted by Gasteiger charge is -2.05. The molecule has 0 bridgehead atoms. The summed E-state index contributed by atoms with van der Waals surface area (Å²) < 4.78 is 4.75. The van der Waals surface area contributed by atoms with Crippen LogP contribution in [0.2, 0.25) is 0 Å². The predicted molar refractivity (Wildman–Crippen MR) is 51.6 cm³/mol. The number of nitrogens with one attached hydrogen (secondary N) is 1. The highest BCUT2D eigenvalue weighted by molar-refractivity contribution is 6.26. The number of nitrogen functional groups attached to an aromatic ring is 1. The molecule has 14 heavy (non-hydrogen) atoms. The number of halogens is 1. The average molecular weight is 214 g/mol. The van der Waals surface area contributed by atoms with E-state index in [0.717, 1.165) is 0 Å². The van der Waals surface area contributed by atoms with Gasteiger partial charge >= 0.3 is 5.97 Å². The number of carbonyl (C=O) groups is 1. The van der Waals surface area contributed by atoms with Crippen molar-refractivity contribution in [2.45, 2.75) is 0 Å². The molecular weight excluding hydrogens is 206 g/mol.